The third-order valence-electron chi connectivity index (χ3n) is 3.02. The zero-order valence-corrected chi connectivity index (χ0v) is 13.3. The van der Waals surface area contributed by atoms with Crippen LogP contribution in [-0.4, -0.2) is 14.9 Å². The first-order valence-corrected chi connectivity index (χ1v) is 7.45. The highest BCUT2D eigenvalue weighted by Crippen LogP contribution is 2.24. The Kier molecular flexibility index (Phi) is 4.22. The highest BCUT2D eigenvalue weighted by Gasteiger charge is 2.17. The summed E-state index contributed by atoms with van der Waals surface area (Å²) < 4.78 is 0. The second-order valence-corrected chi connectivity index (χ2v) is 6.79. The van der Waals surface area contributed by atoms with Gasteiger partial charge in [-0.05, 0) is 13.0 Å². The lowest BCUT2D eigenvalue weighted by Gasteiger charge is -2.14. The molecule has 7 heteroatoms. The van der Waals surface area contributed by atoms with Crippen molar-refractivity contribution in [3.05, 3.63) is 44.0 Å². The zero-order valence-electron chi connectivity index (χ0n) is 12.5. The van der Waals surface area contributed by atoms with Crippen molar-refractivity contribution < 1.29 is 4.92 Å². The summed E-state index contributed by atoms with van der Waals surface area (Å²) in [4.78, 5) is 19.0. The molecule has 21 heavy (non-hydrogen) atoms. The van der Waals surface area contributed by atoms with Crippen molar-refractivity contribution >= 4 is 22.8 Å². The van der Waals surface area contributed by atoms with Crippen LogP contribution in [0.3, 0.4) is 0 Å². The lowest BCUT2D eigenvalue weighted by Crippen LogP contribution is -2.12. The molecule has 0 unspecified atom stereocenters. The molecule has 0 radical (unpaired) electrons. The van der Waals surface area contributed by atoms with Crippen LogP contribution < -0.4 is 5.32 Å². The Morgan fingerprint density at radius 1 is 1.43 bits per heavy atom. The summed E-state index contributed by atoms with van der Waals surface area (Å²) in [5, 5.41) is 16.9. The van der Waals surface area contributed by atoms with Crippen LogP contribution >= 0.6 is 11.3 Å². The van der Waals surface area contributed by atoms with Gasteiger partial charge in [0.25, 0.3) is 5.69 Å². The van der Waals surface area contributed by atoms with Crippen LogP contribution in [0, 0.1) is 17.0 Å². The predicted octanol–water partition coefficient (Wildman–Crippen LogP) is 3.66. The SMILES string of the molecule is Cc1cc(NCc2nc(C(C)(C)C)cs2)ncc1[N+](=O)[O-]. The lowest BCUT2D eigenvalue weighted by atomic mass is 9.93. The van der Waals surface area contributed by atoms with Gasteiger partial charge in [-0.2, -0.15) is 0 Å². The van der Waals surface area contributed by atoms with Gasteiger partial charge < -0.3 is 5.32 Å². The van der Waals surface area contributed by atoms with Crippen molar-refractivity contribution in [3.8, 4) is 0 Å². The van der Waals surface area contributed by atoms with Crippen molar-refractivity contribution in [2.75, 3.05) is 5.32 Å². The molecule has 0 spiro atoms. The first-order chi connectivity index (χ1) is 9.77. The molecule has 0 aliphatic rings. The molecule has 2 rings (SSSR count). The minimum Gasteiger partial charge on any atom is -0.364 e. The molecule has 0 atom stereocenters. The number of thiazole rings is 1. The summed E-state index contributed by atoms with van der Waals surface area (Å²) in [7, 11) is 0. The van der Waals surface area contributed by atoms with E-state index in [0.29, 0.717) is 17.9 Å². The Labute approximate surface area is 127 Å². The molecule has 112 valence electrons. The molecule has 0 saturated carbocycles. The third-order valence-corrected chi connectivity index (χ3v) is 3.87. The number of hydrogen-bond donors (Lipinski definition) is 1. The van der Waals surface area contributed by atoms with Gasteiger partial charge in [-0.15, -0.1) is 11.3 Å². The Bertz CT molecular complexity index is 661. The van der Waals surface area contributed by atoms with Gasteiger partial charge >= 0.3 is 0 Å². The predicted molar refractivity (Wildman–Crippen MR) is 83.8 cm³/mol. The number of nitrogens with zero attached hydrogens (tertiary/aromatic N) is 3. The smallest absolute Gasteiger partial charge is 0.290 e. The summed E-state index contributed by atoms with van der Waals surface area (Å²) in [5.41, 5.74) is 1.73. The minimum absolute atomic E-state index is 0.0322. The van der Waals surface area contributed by atoms with E-state index >= 15 is 0 Å². The van der Waals surface area contributed by atoms with E-state index < -0.39 is 4.92 Å². The maximum atomic E-state index is 10.7. The van der Waals surface area contributed by atoms with Crippen LogP contribution in [0.25, 0.3) is 0 Å². The number of hydrogen-bond acceptors (Lipinski definition) is 6. The number of anilines is 1. The van der Waals surface area contributed by atoms with Crippen molar-refractivity contribution in [3.63, 3.8) is 0 Å². The number of aromatic nitrogens is 2. The van der Waals surface area contributed by atoms with Gasteiger partial charge in [0.2, 0.25) is 0 Å². The highest BCUT2D eigenvalue weighted by molar-refractivity contribution is 7.09. The number of nitro groups is 1. The average Bonchev–Trinajstić information content (AvgIpc) is 2.84. The molecule has 6 nitrogen and oxygen atoms in total. The fourth-order valence-corrected chi connectivity index (χ4v) is 2.70. The topological polar surface area (TPSA) is 81.0 Å². The Balaban J connectivity index is 2.05. The summed E-state index contributed by atoms with van der Waals surface area (Å²) in [5.74, 6) is 0.616. The molecule has 2 aromatic heterocycles. The van der Waals surface area contributed by atoms with Crippen LogP contribution in [0.15, 0.2) is 17.6 Å². The van der Waals surface area contributed by atoms with Gasteiger partial charge in [-0.25, -0.2) is 9.97 Å². The third kappa shape index (κ3) is 3.75. The standard InChI is InChI=1S/C14H18N4O2S/c1-9-5-12(15-6-10(9)18(19)20)16-7-13-17-11(8-21-13)14(2,3)4/h5-6,8H,7H2,1-4H3,(H,15,16). The number of rotatable bonds is 4. The largest absolute Gasteiger partial charge is 0.364 e. The molecule has 2 heterocycles. The first-order valence-electron chi connectivity index (χ1n) is 6.57. The van der Waals surface area contributed by atoms with Crippen molar-refractivity contribution in [2.45, 2.75) is 39.7 Å². The molecule has 0 amide bonds. The summed E-state index contributed by atoms with van der Waals surface area (Å²) in [6.07, 6.45) is 1.28. The van der Waals surface area contributed by atoms with E-state index in [2.05, 4.69) is 41.4 Å². The highest BCUT2D eigenvalue weighted by atomic mass is 32.1. The van der Waals surface area contributed by atoms with E-state index in [4.69, 9.17) is 0 Å². The Hall–Kier alpha value is -2.02. The van der Waals surface area contributed by atoms with Crippen molar-refractivity contribution in [1.82, 2.24) is 9.97 Å². The van der Waals surface area contributed by atoms with E-state index in [1.807, 2.05) is 0 Å². The molecule has 2 aromatic rings. The first kappa shape index (κ1) is 15.4. The quantitative estimate of drug-likeness (QED) is 0.688. The monoisotopic (exact) mass is 306 g/mol. The zero-order chi connectivity index (χ0) is 15.6. The van der Waals surface area contributed by atoms with E-state index in [9.17, 15) is 10.1 Å². The second kappa shape index (κ2) is 5.77. The van der Waals surface area contributed by atoms with Gasteiger partial charge in [0.05, 0.1) is 17.2 Å². The number of pyridine rings is 1. The van der Waals surface area contributed by atoms with Gasteiger partial charge in [0.1, 0.15) is 17.0 Å². The van der Waals surface area contributed by atoms with Gasteiger partial charge in [-0.1, -0.05) is 20.8 Å². The normalized spacial score (nSPS) is 11.4. The fourth-order valence-electron chi connectivity index (χ4n) is 1.74. The van der Waals surface area contributed by atoms with E-state index in [1.54, 1.807) is 24.3 Å². The maximum Gasteiger partial charge on any atom is 0.290 e. The van der Waals surface area contributed by atoms with E-state index in [1.165, 1.54) is 6.20 Å². The van der Waals surface area contributed by atoms with Gasteiger partial charge in [0.15, 0.2) is 0 Å². The Morgan fingerprint density at radius 2 is 2.14 bits per heavy atom. The van der Waals surface area contributed by atoms with Gasteiger partial charge in [-0.3, -0.25) is 10.1 Å². The van der Waals surface area contributed by atoms with Crippen LogP contribution in [-0.2, 0) is 12.0 Å². The average molecular weight is 306 g/mol. The van der Waals surface area contributed by atoms with Crippen LogP contribution in [0.2, 0.25) is 0 Å². The summed E-state index contributed by atoms with van der Waals surface area (Å²) >= 11 is 1.60. The second-order valence-electron chi connectivity index (χ2n) is 5.84. The maximum absolute atomic E-state index is 10.7. The molecule has 0 fully saturated rings. The van der Waals surface area contributed by atoms with Gasteiger partial charge in [0, 0.05) is 16.4 Å². The molecular formula is C14H18N4O2S. The summed E-state index contributed by atoms with van der Waals surface area (Å²) in [6.45, 7) is 8.64. The fraction of sp³-hybridized carbons (Fsp3) is 0.429. The number of aryl methyl sites for hydroxylation is 1. The van der Waals surface area contributed by atoms with Crippen LogP contribution in [0.1, 0.15) is 37.0 Å². The minimum atomic E-state index is -0.428. The van der Waals surface area contributed by atoms with Crippen LogP contribution in [0.4, 0.5) is 11.5 Å². The van der Waals surface area contributed by atoms with E-state index in [-0.39, 0.29) is 11.1 Å². The molecule has 0 aliphatic carbocycles. The van der Waals surface area contributed by atoms with E-state index in [0.717, 1.165) is 10.7 Å². The number of nitrogens with one attached hydrogen (secondary N) is 1. The molecule has 0 aliphatic heterocycles. The molecule has 0 saturated heterocycles. The summed E-state index contributed by atoms with van der Waals surface area (Å²) in [6, 6.07) is 1.68. The lowest BCUT2D eigenvalue weighted by molar-refractivity contribution is -0.385. The molecule has 0 aromatic carbocycles. The Morgan fingerprint density at radius 3 is 2.67 bits per heavy atom. The van der Waals surface area contributed by atoms with Crippen molar-refractivity contribution in [2.24, 2.45) is 0 Å². The van der Waals surface area contributed by atoms with Crippen molar-refractivity contribution in [1.29, 1.82) is 0 Å². The molecule has 1 N–H and O–H groups in total. The van der Waals surface area contributed by atoms with Crippen LogP contribution in [0.5, 0.6) is 0 Å². The molecule has 0 bridgehead atoms. The molecular weight excluding hydrogens is 288 g/mol.